The molecule has 0 bridgehead atoms. The zero-order chi connectivity index (χ0) is 16.8. The van der Waals surface area contributed by atoms with Crippen LogP contribution in [0.15, 0.2) is 10.9 Å². The highest BCUT2D eigenvalue weighted by atomic mass is 16.5. The fraction of sp³-hybridized carbons (Fsp3) is 0.667. The number of nitrogens with zero attached hydrogens (tertiary/aromatic N) is 4. The average Bonchev–Trinajstić information content (AvgIpc) is 3.17. The molecule has 2 rings (SSSR count). The van der Waals surface area contributed by atoms with Gasteiger partial charge in [0, 0.05) is 5.92 Å². The molecule has 126 valence electrons. The van der Waals surface area contributed by atoms with Crippen molar-refractivity contribution in [3.05, 3.63) is 12.2 Å². The fourth-order valence-electron chi connectivity index (χ4n) is 2.36. The third kappa shape index (κ3) is 4.61. The van der Waals surface area contributed by atoms with Gasteiger partial charge in [0.15, 0.2) is 5.82 Å². The maximum Gasteiger partial charge on any atom is 0.249 e. The van der Waals surface area contributed by atoms with Crippen LogP contribution in [-0.2, 0) is 4.79 Å². The molecule has 0 spiro atoms. The van der Waals surface area contributed by atoms with E-state index in [4.69, 9.17) is 4.52 Å². The molecule has 0 aromatic carbocycles. The van der Waals surface area contributed by atoms with E-state index in [2.05, 4.69) is 51.4 Å². The van der Waals surface area contributed by atoms with Gasteiger partial charge in [0.25, 0.3) is 0 Å². The first-order chi connectivity index (χ1) is 11.0. The van der Waals surface area contributed by atoms with Gasteiger partial charge in [-0.3, -0.25) is 9.89 Å². The average molecular weight is 320 g/mol. The summed E-state index contributed by atoms with van der Waals surface area (Å²) in [7, 11) is 0. The minimum Gasteiger partial charge on any atom is -0.344 e. The van der Waals surface area contributed by atoms with Crippen LogP contribution in [-0.4, -0.2) is 31.2 Å². The van der Waals surface area contributed by atoms with E-state index in [1.807, 2.05) is 6.92 Å². The summed E-state index contributed by atoms with van der Waals surface area (Å²) in [4.78, 5) is 20.6. The Hall–Kier alpha value is -2.25. The van der Waals surface area contributed by atoms with Crippen LogP contribution in [0.5, 0.6) is 0 Å². The van der Waals surface area contributed by atoms with E-state index in [-0.39, 0.29) is 17.9 Å². The van der Waals surface area contributed by atoms with E-state index in [0.29, 0.717) is 23.5 Å². The van der Waals surface area contributed by atoms with Gasteiger partial charge in [0.1, 0.15) is 12.4 Å². The summed E-state index contributed by atoms with van der Waals surface area (Å²) in [6.45, 7) is 8.17. The van der Waals surface area contributed by atoms with Crippen molar-refractivity contribution in [2.24, 2.45) is 11.8 Å². The first-order valence-electron chi connectivity index (χ1n) is 8.01. The monoisotopic (exact) mass is 320 g/mol. The van der Waals surface area contributed by atoms with E-state index in [9.17, 15) is 4.79 Å². The summed E-state index contributed by atoms with van der Waals surface area (Å²) in [5.41, 5.74) is 0. The maximum atomic E-state index is 12.3. The number of aromatic amines is 1. The third-order valence-corrected chi connectivity index (χ3v) is 3.56. The Labute approximate surface area is 135 Å². The smallest absolute Gasteiger partial charge is 0.249 e. The van der Waals surface area contributed by atoms with E-state index in [1.165, 1.54) is 6.33 Å². The van der Waals surface area contributed by atoms with Crippen LogP contribution in [0.1, 0.15) is 58.9 Å². The summed E-state index contributed by atoms with van der Waals surface area (Å²) in [6, 6.07) is -0.300. The second-order valence-corrected chi connectivity index (χ2v) is 6.17. The topological polar surface area (TPSA) is 110 Å². The molecule has 0 aliphatic heterocycles. The van der Waals surface area contributed by atoms with Crippen molar-refractivity contribution in [3.63, 3.8) is 0 Å². The highest BCUT2D eigenvalue weighted by Gasteiger charge is 2.25. The summed E-state index contributed by atoms with van der Waals surface area (Å²) in [5, 5.41) is 13.4. The van der Waals surface area contributed by atoms with Crippen molar-refractivity contribution in [2.45, 2.75) is 53.0 Å². The molecule has 2 aromatic heterocycles. The number of H-pyrrole nitrogens is 1. The second-order valence-electron chi connectivity index (χ2n) is 6.17. The molecule has 0 radical (unpaired) electrons. The number of carbonyl (C=O) groups excluding carboxylic acids is 1. The van der Waals surface area contributed by atoms with Crippen LogP contribution in [0.4, 0.5) is 0 Å². The normalized spacial score (nSPS) is 14.0. The predicted octanol–water partition coefficient (Wildman–Crippen LogP) is 2.49. The summed E-state index contributed by atoms with van der Waals surface area (Å²) < 4.78 is 5.33. The number of hydrogen-bond acceptors (Lipinski definition) is 6. The molecule has 0 saturated heterocycles. The number of rotatable bonds is 8. The van der Waals surface area contributed by atoms with Crippen LogP contribution in [0.2, 0.25) is 0 Å². The fourth-order valence-corrected chi connectivity index (χ4v) is 2.36. The maximum absolute atomic E-state index is 12.3. The molecule has 2 N–H and O–H groups in total. The van der Waals surface area contributed by atoms with Crippen molar-refractivity contribution >= 4 is 5.91 Å². The largest absolute Gasteiger partial charge is 0.344 e. The SMILES string of the molecule is CCC[C@@H](C)C(=O)N[C@H](CC(C)C)c1nc(-c2ncn[nH]2)no1. The quantitative estimate of drug-likeness (QED) is 0.773. The number of aromatic nitrogens is 5. The van der Waals surface area contributed by atoms with Gasteiger partial charge >= 0.3 is 0 Å². The van der Waals surface area contributed by atoms with E-state index in [0.717, 1.165) is 19.3 Å². The Kier molecular flexibility index (Phi) is 5.84. The lowest BCUT2D eigenvalue weighted by Gasteiger charge is -2.19. The Morgan fingerprint density at radius 2 is 2.17 bits per heavy atom. The molecule has 0 saturated carbocycles. The van der Waals surface area contributed by atoms with Crippen molar-refractivity contribution in [1.29, 1.82) is 0 Å². The molecule has 23 heavy (non-hydrogen) atoms. The lowest BCUT2D eigenvalue weighted by molar-refractivity contribution is -0.125. The Balaban J connectivity index is 2.13. The first kappa shape index (κ1) is 17.1. The van der Waals surface area contributed by atoms with Gasteiger partial charge in [-0.05, 0) is 18.8 Å². The third-order valence-electron chi connectivity index (χ3n) is 3.56. The zero-order valence-electron chi connectivity index (χ0n) is 14.0. The van der Waals surface area contributed by atoms with Gasteiger partial charge < -0.3 is 9.84 Å². The van der Waals surface area contributed by atoms with Gasteiger partial charge in [-0.25, -0.2) is 4.98 Å². The van der Waals surface area contributed by atoms with Crippen LogP contribution >= 0.6 is 0 Å². The van der Waals surface area contributed by atoms with E-state index in [1.54, 1.807) is 0 Å². The molecule has 2 atom stereocenters. The highest BCUT2D eigenvalue weighted by molar-refractivity contribution is 5.78. The van der Waals surface area contributed by atoms with Crippen molar-refractivity contribution in [2.75, 3.05) is 0 Å². The Bertz CT molecular complexity index is 607. The zero-order valence-corrected chi connectivity index (χ0v) is 14.0. The molecule has 0 aliphatic carbocycles. The molecule has 0 aliphatic rings. The van der Waals surface area contributed by atoms with Crippen LogP contribution in [0.3, 0.4) is 0 Å². The van der Waals surface area contributed by atoms with Gasteiger partial charge in [0.2, 0.25) is 17.6 Å². The minimum atomic E-state index is -0.300. The standard InChI is InChI=1S/C15H24N6O2/c1-5-6-10(4)14(22)18-11(7-9(2)3)15-19-13(21-23-15)12-16-8-17-20-12/h8-11H,5-7H2,1-4H3,(H,18,22)(H,16,17,20)/t10-,11-/m1/s1. The lowest BCUT2D eigenvalue weighted by Crippen LogP contribution is -2.33. The lowest BCUT2D eigenvalue weighted by atomic mass is 10.0. The number of amides is 1. The summed E-state index contributed by atoms with van der Waals surface area (Å²) >= 11 is 0. The Morgan fingerprint density at radius 1 is 1.39 bits per heavy atom. The van der Waals surface area contributed by atoms with Gasteiger partial charge in [-0.15, -0.1) is 0 Å². The van der Waals surface area contributed by atoms with Gasteiger partial charge in [-0.2, -0.15) is 10.1 Å². The molecule has 2 heterocycles. The molecular formula is C15H24N6O2. The molecule has 8 heteroatoms. The number of hydrogen-bond donors (Lipinski definition) is 2. The van der Waals surface area contributed by atoms with Crippen LogP contribution < -0.4 is 5.32 Å². The molecule has 2 aromatic rings. The van der Waals surface area contributed by atoms with E-state index < -0.39 is 0 Å². The highest BCUT2D eigenvalue weighted by Crippen LogP contribution is 2.22. The van der Waals surface area contributed by atoms with Crippen LogP contribution in [0, 0.1) is 11.8 Å². The van der Waals surface area contributed by atoms with Crippen molar-refractivity contribution in [1.82, 2.24) is 30.6 Å². The Morgan fingerprint density at radius 3 is 2.78 bits per heavy atom. The summed E-state index contributed by atoms with van der Waals surface area (Å²) in [5.74, 6) is 1.52. The minimum absolute atomic E-state index is 0.0110. The summed E-state index contributed by atoms with van der Waals surface area (Å²) in [6.07, 6.45) is 3.93. The molecule has 0 fully saturated rings. The van der Waals surface area contributed by atoms with Crippen molar-refractivity contribution < 1.29 is 9.32 Å². The second kappa shape index (κ2) is 7.85. The molecular weight excluding hydrogens is 296 g/mol. The molecule has 0 unspecified atom stereocenters. The van der Waals surface area contributed by atoms with Gasteiger partial charge in [-0.1, -0.05) is 39.3 Å². The number of carbonyl (C=O) groups is 1. The first-order valence-corrected chi connectivity index (χ1v) is 8.01. The van der Waals surface area contributed by atoms with Crippen LogP contribution in [0.25, 0.3) is 11.6 Å². The van der Waals surface area contributed by atoms with Crippen molar-refractivity contribution in [3.8, 4) is 11.6 Å². The molecule has 8 nitrogen and oxygen atoms in total. The van der Waals surface area contributed by atoms with Gasteiger partial charge in [0.05, 0.1) is 0 Å². The van der Waals surface area contributed by atoms with E-state index >= 15 is 0 Å². The number of nitrogens with one attached hydrogen (secondary N) is 2. The predicted molar refractivity (Wildman–Crippen MR) is 84.1 cm³/mol. The molecule has 1 amide bonds.